The minimum absolute atomic E-state index is 0.0906. The van der Waals surface area contributed by atoms with E-state index < -0.39 is 0 Å². The standard InChI is InChI=1S/C22H29N5OS/c1-14-18(20-25-16-9-5-6-10-17(16)29-20)19(27-11-7-8-15(27)12-28)26-21(24-14)23-13-22(2,3)4/h5-6,9-10,15,28H,7-8,11-13H2,1-4H3,(H,23,24,26). The molecule has 1 unspecified atom stereocenters. The summed E-state index contributed by atoms with van der Waals surface area (Å²) < 4.78 is 1.16. The van der Waals surface area contributed by atoms with Gasteiger partial charge in [0.05, 0.1) is 34.1 Å². The quantitative estimate of drug-likeness (QED) is 0.645. The van der Waals surface area contributed by atoms with Crippen molar-refractivity contribution in [3.05, 3.63) is 30.0 Å². The number of para-hydroxylation sites is 1. The molecule has 7 heteroatoms. The van der Waals surface area contributed by atoms with Crippen LogP contribution in [0.3, 0.4) is 0 Å². The molecule has 0 spiro atoms. The first-order chi connectivity index (χ1) is 13.9. The third kappa shape index (κ3) is 4.21. The lowest BCUT2D eigenvalue weighted by Gasteiger charge is -2.27. The Kier molecular flexibility index (Phi) is 5.44. The van der Waals surface area contributed by atoms with Gasteiger partial charge in [0.15, 0.2) is 0 Å². The Bertz CT molecular complexity index is 977. The largest absolute Gasteiger partial charge is 0.394 e. The number of rotatable bonds is 5. The molecule has 3 heterocycles. The van der Waals surface area contributed by atoms with Crippen LogP contribution in [0.2, 0.25) is 0 Å². The molecule has 6 nitrogen and oxygen atoms in total. The van der Waals surface area contributed by atoms with Gasteiger partial charge in [-0.15, -0.1) is 11.3 Å². The molecule has 0 saturated carbocycles. The molecule has 2 aromatic heterocycles. The summed E-state index contributed by atoms with van der Waals surface area (Å²) in [6.45, 7) is 10.4. The van der Waals surface area contributed by atoms with E-state index in [2.05, 4.69) is 37.1 Å². The number of aryl methyl sites for hydroxylation is 1. The molecule has 0 bridgehead atoms. The summed E-state index contributed by atoms with van der Waals surface area (Å²) in [5, 5.41) is 14.2. The summed E-state index contributed by atoms with van der Waals surface area (Å²) in [5.74, 6) is 1.52. The summed E-state index contributed by atoms with van der Waals surface area (Å²) in [6, 6.07) is 8.27. The van der Waals surface area contributed by atoms with Crippen LogP contribution >= 0.6 is 11.3 Å². The first-order valence-corrected chi connectivity index (χ1v) is 11.0. The normalized spacial score (nSPS) is 17.3. The second-order valence-corrected chi connectivity index (χ2v) is 9.93. The minimum Gasteiger partial charge on any atom is -0.394 e. The maximum absolute atomic E-state index is 9.91. The first kappa shape index (κ1) is 20.0. The van der Waals surface area contributed by atoms with Crippen molar-refractivity contribution in [3.8, 4) is 10.6 Å². The number of aliphatic hydroxyl groups is 1. The fraction of sp³-hybridized carbons (Fsp3) is 0.500. The Labute approximate surface area is 176 Å². The molecule has 1 atom stereocenters. The van der Waals surface area contributed by atoms with E-state index in [1.807, 2.05) is 25.1 Å². The number of hydrogen-bond acceptors (Lipinski definition) is 7. The topological polar surface area (TPSA) is 74.2 Å². The lowest BCUT2D eigenvalue weighted by Crippen LogP contribution is -2.33. The highest BCUT2D eigenvalue weighted by Crippen LogP contribution is 2.39. The molecule has 154 valence electrons. The minimum atomic E-state index is 0.0906. The van der Waals surface area contributed by atoms with Crippen LogP contribution in [0.25, 0.3) is 20.8 Å². The summed E-state index contributed by atoms with van der Waals surface area (Å²) in [6.07, 6.45) is 2.03. The fourth-order valence-corrected chi connectivity index (χ4v) is 4.78. The highest BCUT2D eigenvalue weighted by atomic mass is 32.1. The second kappa shape index (κ2) is 7.88. The molecule has 4 rings (SSSR count). The second-order valence-electron chi connectivity index (χ2n) is 8.90. The lowest BCUT2D eigenvalue weighted by molar-refractivity contribution is 0.266. The number of aromatic nitrogens is 3. The van der Waals surface area contributed by atoms with Crippen molar-refractivity contribution in [3.63, 3.8) is 0 Å². The molecule has 1 aliphatic rings. The number of anilines is 2. The van der Waals surface area contributed by atoms with Gasteiger partial charge in [0, 0.05) is 13.1 Å². The monoisotopic (exact) mass is 411 g/mol. The molecular formula is C22H29N5OS. The number of fused-ring (bicyclic) bond motifs is 1. The van der Waals surface area contributed by atoms with Gasteiger partial charge >= 0.3 is 0 Å². The first-order valence-electron chi connectivity index (χ1n) is 10.2. The van der Waals surface area contributed by atoms with Crippen LogP contribution in [0.1, 0.15) is 39.3 Å². The average Bonchev–Trinajstić information content (AvgIpc) is 3.31. The van der Waals surface area contributed by atoms with Gasteiger partial charge < -0.3 is 15.3 Å². The van der Waals surface area contributed by atoms with Crippen molar-refractivity contribution in [1.29, 1.82) is 0 Å². The maximum Gasteiger partial charge on any atom is 0.224 e. The van der Waals surface area contributed by atoms with Gasteiger partial charge in [0.1, 0.15) is 10.8 Å². The average molecular weight is 412 g/mol. The number of benzene rings is 1. The Morgan fingerprint density at radius 3 is 2.72 bits per heavy atom. The molecular weight excluding hydrogens is 382 g/mol. The molecule has 2 N–H and O–H groups in total. The summed E-state index contributed by atoms with van der Waals surface area (Å²) >= 11 is 1.67. The van der Waals surface area contributed by atoms with Crippen molar-refractivity contribution >= 4 is 33.3 Å². The molecule has 29 heavy (non-hydrogen) atoms. The third-order valence-corrected chi connectivity index (χ3v) is 6.27. The van der Waals surface area contributed by atoms with Gasteiger partial charge in [-0.05, 0) is 37.3 Å². The van der Waals surface area contributed by atoms with Crippen LogP contribution in [0.15, 0.2) is 24.3 Å². The third-order valence-electron chi connectivity index (χ3n) is 5.22. The van der Waals surface area contributed by atoms with Gasteiger partial charge in [-0.2, -0.15) is 4.98 Å². The zero-order valence-corrected chi connectivity index (χ0v) is 18.4. The van der Waals surface area contributed by atoms with Crippen molar-refractivity contribution in [2.24, 2.45) is 5.41 Å². The van der Waals surface area contributed by atoms with Crippen LogP contribution < -0.4 is 10.2 Å². The number of thiazole rings is 1. The predicted molar refractivity (Wildman–Crippen MR) is 121 cm³/mol. The number of nitrogens with zero attached hydrogens (tertiary/aromatic N) is 4. The van der Waals surface area contributed by atoms with Gasteiger partial charge in [-0.3, -0.25) is 0 Å². The van der Waals surface area contributed by atoms with Crippen LogP contribution in [0.4, 0.5) is 11.8 Å². The van der Waals surface area contributed by atoms with Gasteiger partial charge in [-0.25, -0.2) is 9.97 Å². The lowest BCUT2D eigenvalue weighted by atomic mass is 9.97. The SMILES string of the molecule is Cc1nc(NCC(C)(C)C)nc(N2CCCC2CO)c1-c1nc2ccccc2s1. The zero-order valence-electron chi connectivity index (χ0n) is 17.6. The van der Waals surface area contributed by atoms with E-state index in [-0.39, 0.29) is 18.1 Å². The number of hydrogen-bond donors (Lipinski definition) is 2. The van der Waals surface area contributed by atoms with E-state index >= 15 is 0 Å². The molecule has 1 aliphatic heterocycles. The Morgan fingerprint density at radius 2 is 2.00 bits per heavy atom. The van der Waals surface area contributed by atoms with Crippen molar-refractivity contribution < 1.29 is 5.11 Å². The molecule has 1 fully saturated rings. The fourth-order valence-electron chi connectivity index (χ4n) is 3.72. The summed E-state index contributed by atoms with van der Waals surface area (Å²) in [7, 11) is 0. The molecule has 0 amide bonds. The van der Waals surface area contributed by atoms with Crippen molar-refractivity contribution in [1.82, 2.24) is 15.0 Å². The Hall–Kier alpha value is -2.25. The summed E-state index contributed by atoms with van der Waals surface area (Å²) in [4.78, 5) is 16.8. The van der Waals surface area contributed by atoms with Crippen LogP contribution in [0, 0.1) is 12.3 Å². The Morgan fingerprint density at radius 1 is 1.21 bits per heavy atom. The highest BCUT2D eigenvalue weighted by Gasteiger charge is 2.30. The van der Waals surface area contributed by atoms with Crippen LogP contribution in [-0.4, -0.2) is 45.8 Å². The van der Waals surface area contributed by atoms with E-state index in [4.69, 9.17) is 15.0 Å². The van der Waals surface area contributed by atoms with E-state index in [9.17, 15) is 5.11 Å². The van der Waals surface area contributed by atoms with E-state index in [0.29, 0.717) is 5.95 Å². The Balaban J connectivity index is 1.82. The molecule has 3 aromatic rings. The molecule has 1 aromatic carbocycles. The molecule has 0 aliphatic carbocycles. The number of nitrogens with one attached hydrogen (secondary N) is 1. The van der Waals surface area contributed by atoms with Gasteiger partial charge in [0.25, 0.3) is 0 Å². The maximum atomic E-state index is 9.91. The van der Waals surface area contributed by atoms with Gasteiger partial charge in [-0.1, -0.05) is 32.9 Å². The smallest absolute Gasteiger partial charge is 0.224 e. The predicted octanol–water partition coefficient (Wildman–Crippen LogP) is 4.48. The zero-order chi connectivity index (χ0) is 20.6. The van der Waals surface area contributed by atoms with E-state index in [0.717, 1.165) is 58.2 Å². The molecule has 1 saturated heterocycles. The van der Waals surface area contributed by atoms with Crippen LogP contribution in [-0.2, 0) is 0 Å². The van der Waals surface area contributed by atoms with Crippen molar-refractivity contribution in [2.45, 2.75) is 46.6 Å². The summed E-state index contributed by atoms with van der Waals surface area (Å²) in [5.41, 5.74) is 3.01. The highest BCUT2D eigenvalue weighted by molar-refractivity contribution is 7.21. The number of aliphatic hydroxyl groups excluding tert-OH is 1. The molecule has 0 radical (unpaired) electrons. The van der Waals surface area contributed by atoms with Crippen molar-refractivity contribution in [2.75, 3.05) is 29.9 Å². The van der Waals surface area contributed by atoms with Gasteiger partial charge in [0.2, 0.25) is 5.95 Å². The van der Waals surface area contributed by atoms with Crippen LogP contribution in [0.5, 0.6) is 0 Å². The van der Waals surface area contributed by atoms with E-state index in [1.165, 1.54) is 0 Å². The van der Waals surface area contributed by atoms with E-state index in [1.54, 1.807) is 11.3 Å².